The molecule has 0 atom stereocenters. The molecule has 20 heavy (non-hydrogen) atoms. The summed E-state index contributed by atoms with van der Waals surface area (Å²) in [7, 11) is 0. The van der Waals surface area contributed by atoms with E-state index in [9.17, 15) is 8.78 Å². The monoisotopic (exact) mass is 293 g/mol. The Hall–Kier alpha value is -1.45. The second-order valence-corrected chi connectivity index (χ2v) is 5.52. The minimum absolute atomic E-state index is 0.583. The Labute approximate surface area is 121 Å². The predicted molar refractivity (Wildman–Crippen MR) is 76.7 cm³/mol. The van der Waals surface area contributed by atoms with E-state index >= 15 is 0 Å². The van der Waals surface area contributed by atoms with Crippen molar-refractivity contribution in [2.75, 3.05) is 0 Å². The molecule has 1 aliphatic carbocycles. The van der Waals surface area contributed by atoms with Gasteiger partial charge >= 0.3 is 0 Å². The normalized spacial score (nSPS) is 14.6. The third kappa shape index (κ3) is 3.00. The zero-order valence-corrected chi connectivity index (χ0v) is 11.6. The van der Waals surface area contributed by atoms with Crippen molar-refractivity contribution in [1.82, 2.24) is 5.32 Å². The fourth-order valence-corrected chi connectivity index (χ4v) is 2.35. The van der Waals surface area contributed by atoms with Crippen LogP contribution in [0.2, 0.25) is 5.02 Å². The molecule has 1 aliphatic rings. The molecule has 0 heterocycles. The first-order chi connectivity index (χ1) is 9.63. The standard InChI is InChI=1S/C16H14ClF2N/c17-12-3-1-11(9-20-13-4-5-13)14(8-12)10-2-6-15(18)16(19)7-10/h1-3,6-8,13,20H,4-5,9H2. The van der Waals surface area contributed by atoms with E-state index in [2.05, 4.69) is 5.32 Å². The van der Waals surface area contributed by atoms with E-state index in [0.717, 1.165) is 17.2 Å². The molecule has 0 amide bonds. The lowest BCUT2D eigenvalue weighted by Crippen LogP contribution is -2.15. The van der Waals surface area contributed by atoms with Crippen LogP contribution in [-0.2, 0) is 6.54 Å². The molecule has 4 heteroatoms. The number of hydrogen-bond acceptors (Lipinski definition) is 1. The highest BCUT2D eigenvalue weighted by Gasteiger charge is 2.20. The van der Waals surface area contributed by atoms with E-state index in [1.807, 2.05) is 12.1 Å². The van der Waals surface area contributed by atoms with Crippen LogP contribution >= 0.6 is 11.6 Å². The fraction of sp³-hybridized carbons (Fsp3) is 0.250. The van der Waals surface area contributed by atoms with Crippen molar-refractivity contribution in [2.24, 2.45) is 0 Å². The summed E-state index contributed by atoms with van der Waals surface area (Å²) in [5.74, 6) is -1.68. The molecule has 0 saturated heterocycles. The highest BCUT2D eigenvalue weighted by molar-refractivity contribution is 6.30. The van der Waals surface area contributed by atoms with Crippen LogP contribution in [0, 0.1) is 11.6 Å². The first-order valence-corrected chi connectivity index (χ1v) is 6.98. The molecule has 3 rings (SSSR count). The van der Waals surface area contributed by atoms with E-state index in [-0.39, 0.29) is 0 Å². The molecule has 0 spiro atoms. The summed E-state index contributed by atoms with van der Waals surface area (Å²) in [5.41, 5.74) is 2.51. The van der Waals surface area contributed by atoms with Gasteiger partial charge in [-0.2, -0.15) is 0 Å². The number of benzene rings is 2. The summed E-state index contributed by atoms with van der Waals surface area (Å²) in [6.07, 6.45) is 2.40. The largest absolute Gasteiger partial charge is 0.310 e. The molecule has 1 N–H and O–H groups in total. The Morgan fingerprint density at radius 2 is 1.85 bits per heavy atom. The van der Waals surface area contributed by atoms with Gasteiger partial charge in [-0.25, -0.2) is 8.78 Å². The first-order valence-electron chi connectivity index (χ1n) is 6.61. The van der Waals surface area contributed by atoms with Crippen molar-refractivity contribution in [1.29, 1.82) is 0 Å². The summed E-state index contributed by atoms with van der Waals surface area (Å²) in [4.78, 5) is 0. The van der Waals surface area contributed by atoms with Crippen LogP contribution in [0.3, 0.4) is 0 Å². The van der Waals surface area contributed by atoms with Crippen LogP contribution < -0.4 is 5.32 Å². The van der Waals surface area contributed by atoms with Crippen molar-refractivity contribution in [3.8, 4) is 11.1 Å². The summed E-state index contributed by atoms with van der Waals surface area (Å²) in [6.45, 7) is 0.705. The van der Waals surface area contributed by atoms with Crippen molar-refractivity contribution in [3.05, 3.63) is 58.6 Å². The molecule has 0 unspecified atom stereocenters. The van der Waals surface area contributed by atoms with Crippen molar-refractivity contribution in [3.63, 3.8) is 0 Å². The third-order valence-electron chi connectivity index (χ3n) is 3.46. The maximum Gasteiger partial charge on any atom is 0.159 e. The van der Waals surface area contributed by atoms with Gasteiger partial charge in [0.15, 0.2) is 11.6 Å². The van der Waals surface area contributed by atoms with Crippen LogP contribution in [0.5, 0.6) is 0 Å². The quantitative estimate of drug-likeness (QED) is 0.873. The molecule has 1 fully saturated rings. The maximum atomic E-state index is 13.4. The molecule has 0 aliphatic heterocycles. The van der Waals surface area contributed by atoms with Gasteiger partial charge in [0.2, 0.25) is 0 Å². The fourth-order valence-electron chi connectivity index (χ4n) is 2.18. The Bertz CT molecular complexity index is 638. The third-order valence-corrected chi connectivity index (χ3v) is 3.70. The average molecular weight is 294 g/mol. The number of nitrogens with one attached hydrogen (secondary N) is 1. The molecule has 0 aromatic heterocycles. The second kappa shape index (κ2) is 5.51. The van der Waals surface area contributed by atoms with Gasteiger partial charge in [-0.1, -0.05) is 23.7 Å². The first kappa shape index (κ1) is 13.5. The lowest BCUT2D eigenvalue weighted by molar-refractivity contribution is 0.509. The Morgan fingerprint density at radius 1 is 1.05 bits per heavy atom. The van der Waals surface area contributed by atoms with Gasteiger partial charge in [0.05, 0.1) is 0 Å². The van der Waals surface area contributed by atoms with E-state index in [0.29, 0.717) is 23.2 Å². The summed E-state index contributed by atoms with van der Waals surface area (Å²) in [5, 5.41) is 4.00. The molecular weight excluding hydrogens is 280 g/mol. The number of hydrogen-bond donors (Lipinski definition) is 1. The number of rotatable bonds is 4. The highest BCUT2D eigenvalue weighted by atomic mass is 35.5. The zero-order chi connectivity index (χ0) is 14.1. The summed E-state index contributed by atoms with van der Waals surface area (Å²) < 4.78 is 26.4. The van der Waals surface area contributed by atoms with Gasteiger partial charge in [-0.05, 0) is 53.8 Å². The maximum absolute atomic E-state index is 13.4. The van der Waals surface area contributed by atoms with E-state index < -0.39 is 11.6 Å². The molecule has 1 nitrogen and oxygen atoms in total. The predicted octanol–water partition coefficient (Wildman–Crippen LogP) is 4.54. The molecule has 1 saturated carbocycles. The lowest BCUT2D eigenvalue weighted by Gasteiger charge is -2.11. The smallest absolute Gasteiger partial charge is 0.159 e. The summed E-state index contributed by atoms with van der Waals surface area (Å²) in [6, 6.07) is 10.0. The molecule has 0 bridgehead atoms. The van der Waals surface area contributed by atoms with Gasteiger partial charge in [-0.15, -0.1) is 0 Å². The van der Waals surface area contributed by atoms with Crippen LogP contribution in [0.15, 0.2) is 36.4 Å². The molecule has 104 valence electrons. The highest BCUT2D eigenvalue weighted by Crippen LogP contribution is 2.29. The van der Waals surface area contributed by atoms with Gasteiger partial charge in [0.25, 0.3) is 0 Å². The van der Waals surface area contributed by atoms with Crippen LogP contribution in [0.25, 0.3) is 11.1 Å². The number of halogens is 3. The zero-order valence-electron chi connectivity index (χ0n) is 10.8. The minimum atomic E-state index is -0.844. The summed E-state index contributed by atoms with van der Waals surface area (Å²) >= 11 is 6.02. The Balaban J connectivity index is 1.96. The minimum Gasteiger partial charge on any atom is -0.310 e. The van der Waals surface area contributed by atoms with Crippen LogP contribution in [0.1, 0.15) is 18.4 Å². The molecular formula is C16H14ClF2N. The SMILES string of the molecule is Fc1ccc(-c2cc(Cl)ccc2CNC2CC2)cc1F. The van der Waals surface area contributed by atoms with Gasteiger partial charge in [0.1, 0.15) is 0 Å². The Morgan fingerprint density at radius 3 is 2.55 bits per heavy atom. The Kier molecular flexibility index (Phi) is 3.72. The van der Waals surface area contributed by atoms with Gasteiger partial charge < -0.3 is 5.32 Å². The average Bonchev–Trinajstić information content (AvgIpc) is 3.24. The van der Waals surface area contributed by atoms with Crippen molar-refractivity contribution in [2.45, 2.75) is 25.4 Å². The van der Waals surface area contributed by atoms with E-state index in [4.69, 9.17) is 11.6 Å². The second-order valence-electron chi connectivity index (χ2n) is 5.09. The van der Waals surface area contributed by atoms with Crippen molar-refractivity contribution >= 4 is 11.6 Å². The van der Waals surface area contributed by atoms with Crippen molar-refractivity contribution < 1.29 is 8.78 Å². The lowest BCUT2D eigenvalue weighted by atomic mass is 9.99. The van der Waals surface area contributed by atoms with E-state index in [1.165, 1.54) is 18.9 Å². The van der Waals surface area contributed by atoms with Gasteiger partial charge in [0, 0.05) is 17.6 Å². The topological polar surface area (TPSA) is 12.0 Å². The van der Waals surface area contributed by atoms with Gasteiger partial charge in [-0.3, -0.25) is 0 Å². The van der Waals surface area contributed by atoms with Crippen LogP contribution in [-0.4, -0.2) is 6.04 Å². The molecule has 2 aromatic rings. The van der Waals surface area contributed by atoms with Crippen LogP contribution in [0.4, 0.5) is 8.78 Å². The van der Waals surface area contributed by atoms with E-state index in [1.54, 1.807) is 12.1 Å². The molecule has 0 radical (unpaired) electrons. The molecule has 2 aromatic carbocycles.